The fraction of sp³-hybridized carbons (Fsp3) is 0.241. The highest BCUT2D eigenvalue weighted by molar-refractivity contribution is 7.92. The summed E-state index contributed by atoms with van der Waals surface area (Å²) in [5.41, 5.74) is 9.68. The van der Waals surface area contributed by atoms with Crippen LogP contribution in [0.3, 0.4) is 0 Å². The van der Waals surface area contributed by atoms with Gasteiger partial charge in [-0.15, -0.1) is 0 Å². The molecular formula is C29H32N4O4S. The van der Waals surface area contributed by atoms with Crippen LogP contribution >= 0.6 is 0 Å². The minimum Gasteiger partial charge on any atom is -0.398 e. The van der Waals surface area contributed by atoms with Crippen molar-refractivity contribution in [1.82, 2.24) is 14.8 Å². The van der Waals surface area contributed by atoms with Crippen molar-refractivity contribution in [3.63, 3.8) is 0 Å². The van der Waals surface area contributed by atoms with Gasteiger partial charge in [-0.25, -0.2) is 8.42 Å². The number of carbonyl (C=O) groups is 2. The summed E-state index contributed by atoms with van der Waals surface area (Å²) in [7, 11) is 0.0927. The van der Waals surface area contributed by atoms with E-state index < -0.39 is 21.0 Å². The van der Waals surface area contributed by atoms with Gasteiger partial charge in [-0.05, 0) is 60.3 Å². The van der Waals surface area contributed by atoms with Crippen LogP contribution in [0.1, 0.15) is 35.0 Å². The number of aryl methyl sites for hydroxylation is 1. The summed E-state index contributed by atoms with van der Waals surface area (Å²) < 4.78 is 27.5. The van der Waals surface area contributed by atoms with Crippen LogP contribution in [0.5, 0.6) is 0 Å². The van der Waals surface area contributed by atoms with Crippen molar-refractivity contribution >= 4 is 38.2 Å². The van der Waals surface area contributed by atoms with E-state index in [1.54, 1.807) is 48.3 Å². The number of nitrogen functional groups attached to an aromatic ring is 1. The lowest BCUT2D eigenvalue weighted by atomic mass is 10.1. The van der Waals surface area contributed by atoms with Crippen LogP contribution in [0.4, 0.5) is 5.69 Å². The van der Waals surface area contributed by atoms with Gasteiger partial charge < -0.3 is 20.5 Å². The molecule has 0 aliphatic heterocycles. The van der Waals surface area contributed by atoms with Gasteiger partial charge in [0.25, 0.3) is 5.91 Å². The lowest BCUT2D eigenvalue weighted by Gasteiger charge is -2.19. The molecule has 0 radical (unpaired) electrons. The molecule has 0 saturated heterocycles. The number of rotatable bonds is 9. The summed E-state index contributed by atoms with van der Waals surface area (Å²) in [6, 6.07) is 23.2. The Bertz CT molecular complexity index is 1580. The Hall–Kier alpha value is -4.11. The molecule has 3 N–H and O–H groups in total. The van der Waals surface area contributed by atoms with E-state index in [1.165, 1.54) is 19.1 Å². The van der Waals surface area contributed by atoms with Crippen LogP contribution in [0.25, 0.3) is 10.9 Å². The minimum atomic E-state index is -3.63. The third kappa shape index (κ3) is 5.73. The number of nitrogens with one attached hydrogen (secondary N) is 1. The molecule has 4 rings (SSSR count). The van der Waals surface area contributed by atoms with Gasteiger partial charge in [-0.2, -0.15) is 0 Å². The Balaban J connectivity index is 1.40. The van der Waals surface area contributed by atoms with Crippen LogP contribution in [0.15, 0.2) is 83.8 Å². The largest absolute Gasteiger partial charge is 0.398 e. The molecule has 0 aliphatic rings. The summed E-state index contributed by atoms with van der Waals surface area (Å²) in [6.07, 6.45) is -0.191. The van der Waals surface area contributed by atoms with Gasteiger partial charge >= 0.3 is 0 Å². The Morgan fingerprint density at radius 2 is 1.68 bits per heavy atom. The first-order chi connectivity index (χ1) is 18.1. The third-order valence-corrected chi connectivity index (χ3v) is 8.89. The summed E-state index contributed by atoms with van der Waals surface area (Å²) in [5, 5.41) is 2.96. The molecule has 198 valence electrons. The second-order valence-corrected chi connectivity index (χ2v) is 11.8. The van der Waals surface area contributed by atoms with Gasteiger partial charge in [0.05, 0.1) is 16.7 Å². The Morgan fingerprint density at radius 1 is 1.00 bits per heavy atom. The second kappa shape index (κ2) is 11.1. The van der Waals surface area contributed by atoms with Crippen molar-refractivity contribution in [3.8, 4) is 0 Å². The number of sulfone groups is 1. The van der Waals surface area contributed by atoms with Crippen LogP contribution in [-0.2, 0) is 34.8 Å². The lowest BCUT2D eigenvalue weighted by molar-refractivity contribution is -0.121. The predicted molar refractivity (Wildman–Crippen MR) is 149 cm³/mol. The molecule has 1 unspecified atom stereocenters. The van der Waals surface area contributed by atoms with Crippen molar-refractivity contribution in [2.24, 2.45) is 7.05 Å². The van der Waals surface area contributed by atoms with Gasteiger partial charge in [0, 0.05) is 49.5 Å². The molecule has 0 spiro atoms. The molecule has 3 aromatic carbocycles. The molecule has 9 heteroatoms. The topological polar surface area (TPSA) is 114 Å². The van der Waals surface area contributed by atoms with Crippen molar-refractivity contribution < 1.29 is 18.0 Å². The van der Waals surface area contributed by atoms with Gasteiger partial charge in [-0.3, -0.25) is 9.59 Å². The van der Waals surface area contributed by atoms with E-state index in [0.717, 1.165) is 16.6 Å². The maximum atomic E-state index is 13.2. The number of nitrogens with two attached hydrogens (primary N) is 1. The lowest BCUT2D eigenvalue weighted by Crippen LogP contribution is -2.30. The van der Waals surface area contributed by atoms with E-state index >= 15 is 0 Å². The maximum Gasteiger partial charge on any atom is 0.253 e. The molecule has 1 atom stereocenters. The van der Waals surface area contributed by atoms with E-state index in [9.17, 15) is 18.0 Å². The predicted octanol–water partition coefficient (Wildman–Crippen LogP) is 3.90. The first kappa shape index (κ1) is 26.9. The maximum absolute atomic E-state index is 13.2. The smallest absolute Gasteiger partial charge is 0.253 e. The highest BCUT2D eigenvalue weighted by atomic mass is 32.2. The number of anilines is 1. The molecule has 4 aromatic rings. The molecule has 0 fully saturated rings. The first-order valence-corrected chi connectivity index (χ1v) is 13.9. The standard InChI is InChI=1S/C29H32N4O4S/c1-20(38(36,37)25-10-5-4-6-11-25)15-28(34)31-18-23-16-22(13-14-26(23)30)29(35)32(2)19-24-17-21-9-7-8-12-27(21)33(24)3/h4-14,16-17,20H,15,18-19,30H2,1-3H3,(H,31,34). The minimum absolute atomic E-state index is 0.0802. The number of aromatic nitrogens is 1. The fourth-order valence-electron chi connectivity index (χ4n) is 4.40. The number of carbonyl (C=O) groups excluding carboxylic acids is 2. The van der Waals surface area contributed by atoms with Crippen molar-refractivity contribution in [1.29, 1.82) is 0 Å². The van der Waals surface area contributed by atoms with E-state index in [-0.39, 0.29) is 23.8 Å². The fourth-order valence-corrected chi connectivity index (χ4v) is 5.78. The Kier molecular flexibility index (Phi) is 7.87. The SMILES string of the molecule is CC(CC(=O)NCc1cc(C(=O)N(C)Cc2cc3ccccc3n2C)ccc1N)S(=O)(=O)c1ccccc1. The Morgan fingerprint density at radius 3 is 2.39 bits per heavy atom. The average Bonchev–Trinajstić information content (AvgIpc) is 3.23. The summed E-state index contributed by atoms with van der Waals surface area (Å²) in [4.78, 5) is 27.6. The van der Waals surface area contributed by atoms with Crippen LogP contribution < -0.4 is 11.1 Å². The number of hydrogen-bond acceptors (Lipinski definition) is 5. The third-order valence-electron chi connectivity index (χ3n) is 6.74. The van der Waals surface area contributed by atoms with Gasteiger partial charge in [-0.1, -0.05) is 36.4 Å². The summed E-state index contributed by atoms with van der Waals surface area (Å²) in [6.45, 7) is 2.02. The number of para-hydroxylation sites is 1. The van der Waals surface area contributed by atoms with E-state index in [4.69, 9.17) is 5.73 Å². The van der Waals surface area contributed by atoms with Crippen LogP contribution in [0, 0.1) is 0 Å². The number of hydrogen-bond donors (Lipinski definition) is 2. The highest BCUT2D eigenvalue weighted by Crippen LogP contribution is 2.21. The van der Waals surface area contributed by atoms with E-state index in [0.29, 0.717) is 23.4 Å². The van der Waals surface area contributed by atoms with Crippen molar-refractivity contribution in [2.45, 2.75) is 36.6 Å². The number of nitrogens with zero attached hydrogens (tertiary/aromatic N) is 2. The van der Waals surface area contributed by atoms with Gasteiger partial charge in [0.2, 0.25) is 5.91 Å². The second-order valence-electron chi connectivity index (χ2n) is 9.48. The van der Waals surface area contributed by atoms with Crippen molar-refractivity contribution in [3.05, 3.63) is 95.7 Å². The zero-order valence-electron chi connectivity index (χ0n) is 21.7. The highest BCUT2D eigenvalue weighted by Gasteiger charge is 2.25. The number of fused-ring (bicyclic) bond motifs is 1. The number of amides is 2. The quantitative estimate of drug-likeness (QED) is 0.317. The molecule has 38 heavy (non-hydrogen) atoms. The van der Waals surface area contributed by atoms with Crippen LogP contribution in [-0.4, -0.2) is 42.0 Å². The first-order valence-electron chi connectivity index (χ1n) is 12.3. The molecular weight excluding hydrogens is 500 g/mol. The molecule has 8 nitrogen and oxygen atoms in total. The molecule has 2 amide bonds. The molecule has 0 bridgehead atoms. The van der Waals surface area contributed by atoms with Crippen molar-refractivity contribution in [2.75, 3.05) is 12.8 Å². The molecule has 0 saturated carbocycles. The van der Waals surface area contributed by atoms with E-state index in [1.807, 2.05) is 31.3 Å². The molecule has 1 aromatic heterocycles. The van der Waals surface area contributed by atoms with Crippen LogP contribution in [0.2, 0.25) is 0 Å². The summed E-state index contributed by atoms with van der Waals surface area (Å²) >= 11 is 0. The summed E-state index contributed by atoms with van der Waals surface area (Å²) in [5.74, 6) is -0.591. The normalized spacial score (nSPS) is 12.3. The van der Waals surface area contributed by atoms with Gasteiger partial charge in [0.1, 0.15) is 0 Å². The number of benzene rings is 3. The molecule has 0 aliphatic carbocycles. The molecule has 1 heterocycles. The zero-order chi connectivity index (χ0) is 27.4. The Labute approximate surface area is 223 Å². The van der Waals surface area contributed by atoms with E-state index in [2.05, 4.69) is 16.0 Å². The van der Waals surface area contributed by atoms with Gasteiger partial charge in [0.15, 0.2) is 9.84 Å². The zero-order valence-corrected chi connectivity index (χ0v) is 22.5. The monoisotopic (exact) mass is 532 g/mol. The average molecular weight is 533 g/mol.